The highest BCUT2D eigenvalue weighted by Crippen LogP contribution is 2.25. The molecule has 1 heterocycles. The fourth-order valence-electron chi connectivity index (χ4n) is 3.42. The topological polar surface area (TPSA) is 76.8 Å². The highest BCUT2D eigenvalue weighted by molar-refractivity contribution is 5.85. The predicted octanol–water partition coefficient (Wildman–Crippen LogP) is 2.69. The summed E-state index contributed by atoms with van der Waals surface area (Å²) in [5, 5.41) is 10.7. The number of aromatic nitrogens is 2. The predicted molar refractivity (Wildman–Crippen MR) is 118 cm³/mol. The van der Waals surface area contributed by atoms with Crippen molar-refractivity contribution >= 4 is 10.9 Å². The zero-order valence-electron chi connectivity index (χ0n) is 18.0. The van der Waals surface area contributed by atoms with Gasteiger partial charge in [0.05, 0.1) is 12.5 Å². The molecule has 0 aliphatic heterocycles. The lowest BCUT2D eigenvalue weighted by Gasteiger charge is -2.22. The summed E-state index contributed by atoms with van der Waals surface area (Å²) in [4.78, 5) is 19.6. The van der Waals surface area contributed by atoms with Gasteiger partial charge >= 0.3 is 0 Å². The van der Waals surface area contributed by atoms with Crippen LogP contribution in [-0.2, 0) is 7.05 Å². The molecule has 0 aliphatic rings. The smallest absolute Gasteiger partial charge is 0.261 e. The third-order valence-corrected chi connectivity index (χ3v) is 5.21. The van der Waals surface area contributed by atoms with Gasteiger partial charge in [-0.2, -0.15) is 0 Å². The quantitative estimate of drug-likeness (QED) is 0.583. The van der Waals surface area contributed by atoms with Crippen LogP contribution in [-0.4, -0.2) is 59.0 Å². The number of para-hydroxylation sites is 1. The van der Waals surface area contributed by atoms with E-state index in [-0.39, 0.29) is 12.2 Å². The number of fused-ring (bicyclic) bond motifs is 1. The van der Waals surface area contributed by atoms with Crippen LogP contribution in [0.4, 0.5) is 0 Å². The van der Waals surface area contributed by atoms with Crippen LogP contribution in [0.15, 0.2) is 47.3 Å². The number of likely N-dealkylation sites (N-methyl/N-ethyl adjacent to an activating group) is 1. The third-order valence-electron chi connectivity index (χ3n) is 5.21. The molecule has 7 heteroatoms. The molecule has 0 saturated carbocycles. The fraction of sp³-hybridized carbons (Fsp3) is 0.391. The minimum Gasteiger partial charge on any atom is -0.494 e. The van der Waals surface area contributed by atoms with Gasteiger partial charge in [-0.3, -0.25) is 9.36 Å². The van der Waals surface area contributed by atoms with Crippen LogP contribution in [0, 0.1) is 0 Å². The molecule has 0 radical (unpaired) electrons. The van der Waals surface area contributed by atoms with Crippen LogP contribution < -0.4 is 15.0 Å². The Morgan fingerprint density at radius 2 is 1.83 bits per heavy atom. The first-order valence-electron chi connectivity index (χ1n) is 10.2. The molecule has 0 bridgehead atoms. The molecule has 1 unspecified atom stereocenters. The summed E-state index contributed by atoms with van der Waals surface area (Å²) in [5.41, 5.74) is 1.20. The van der Waals surface area contributed by atoms with Gasteiger partial charge < -0.3 is 19.5 Å². The molecule has 0 saturated heterocycles. The molecule has 0 amide bonds. The molecule has 7 nitrogen and oxygen atoms in total. The van der Waals surface area contributed by atoms with E-state index in [2.05, 4.69) is 23.7 Å². The number of aliphatic hydroxyl groups excluding tert-OH is 1. The molecule has 1 atom stereocenters. The third kappa shape index (κ3) is 4.63. The number of nitrogens with zero attached hydrogens (tertiary/aromatic N) is 3. The van der Waals surface area contributed by atoms with Crippen molar-refractivity contribution in [3.05, 3.63) is 52.8 Å². The summed E-state index contributed by atoms with van der Waals surface area (Å²) in [7, 11) is 3.27. The summed E-state index contributed by atoms with van der Waals surface area (Å²) in [5.74, 6) is 1.76. The van der Waals surface area contributed by atoms with Crippen molar-refractivity contribution in [1.82, 2.24) is 14.5 Å². The molecule has 0 fully saturated rings. The minimum absolute atomic E-state index is 0.131. The standard InChI is InChI=1S/C23H29N3O4/c1-5-26(6-2)14-17(27)15-30-18-12-10-16(11-13-18)22-24-21-19(23(28)25(22)3)8-7-9-20(21)29-4/h7-13,17,27H,5-6,14-15H2,1-4H3. The van der Waals surface area contributed by atoms with Crippen molar-refractivity contribution in [2.75, 3.05) is 33.4 Å². The zero-order valence-corrected chi connectivity index (χ0v) is 18.0. The van der Waals surface area contributed by atoms with E-state index < -0.39 is 6.10 Å². The molecule has 0 aliphatic carbocycles. The first-order valence-corrected chi connectivity index (χ1v) is 10.2. The lowest BCUT2D eigenvalue weighted by Crippen LogP contribution is -2.35. The van der Waals surface area contributed by atoms with Gasteiger partial charge in [0.2, 0.25) is 0 Å². The first-order chi connectivity index (χ1) is 14.5. The average Bonchev–Trinajstić information content (AvgIpc) is 2.78. The van der Waals surface area contributed by atoms with Gasteiger partial charge in [0, 0.05) is 19.2 Å². The van der Waals surface area contributed by atoms with E-state index in [4.69, 9.17) is 9.47 Å². The Bertz CT molecular complexity index is 1040. The maximum absolute atomic E-state index is 12.8. The maximum Gasteiger partial charge on any atom is 0.261 e. The summed E-state index contributed by atoms with van der Waals surface area (Å²) in [6, 6.07) is 12.7. The van der Waals surface area contributed by atoms with E-state index in [0.717, 1.165) is 18.7 Å². The summed E-state index contributed by atoms with van der Waals surface area (Å²) >= 11 is 0. The van der Waals surface area contributed by atoms with Gasteiger partial charge in [0.25, 0.3) is 5.56 Å². The van der Waals surface area contributed by atoms with Gasteiger partial charge in [0.1, 0.15) is 35.6 Å². The number of benzene rings is 2. The number of methoxy groups -OCH3 is 1. The highest BCUT2D eigenvalue weighted by atomic mass is 16.5. The van der Waals surface area contributed by atoms with Crippen molar-refractivity contribution in [3.63, 3.8) is 0 Å². The van der Waals surface area contributed by atoms with Crippen LogP contribution in [0.2, 0.25) is 0 Å². The number of aliphatic hydroxyl groups is 1. The Morgan fingerprint density at radius 3 is 2.47 bits per heavy atom. The van der Waals surface area contributed by atoms with Gasteiger partial charge in [-0.1, -0.05) is 19.9 Å². The Morgan fingerprint density at radius 1 is 1.13 bits per heavy atom. The lowest BCUT2D eigenvalue weighted by atomic mass is 10.1. The van der Waals surface area contributed by atoms with Crippen LogP contribution in [0.25, 0.3) is 22.3 Å². The monoisotopic (exact) mass is 411 g/mol. The van der Waals surface area contributed by atoms with Crippen molar-refractivity contribution in [1.29, 1.82) is 0 Å². The van der Waals surface area contributed by atoms with Crippen molar-refractivity contribution in [2.45, 2.75) is 20.0 Å². The first kappa shape index (κ1) is 21.8. The van der Waals surface area contributed by atoms with E-state index in [1.54, 1.807) is 32.4 Å². The molecule has 0 spiro atoms. The molecule has 3 rings (SSSR count). The Kier molecular flexibility index (Phi) is 7.07. The SMILES string of the molecule is CCN(CC)CC(O)COc1ccc(-c2nc3c(OC)cccc3c(=O)n2C)cc1. The number of rotatable bonds is 9. The molecule has 2 aromatic carbocycles. The van der Waals surface area contributed by atoms with Gasteiger partial charge in [-0.05, 0) is 49.5 Å². The number of ether oxygens (including phenoxy) is 2. The summed E-state index contributed by atoms with van der Waals surface area (Å²) in [6.45, 7) is 6.73. The minimum atomic E-state index is -0.556. The summed E-state index contributed by atoms with van der Waals surface area (Å²) < 4.78 is 12.6. The van der Waals surface area contributed by atoms with Crippen LogP contribution in [0.3, 0.4) is 0 Å². The largest absolute Gasteiger partial charge is 0.494 e. The molecule has 30 heavy (non-hydrogen) atoms. The van der Waals surface area contributed by atoms with Crippen LogP contribution >= 0.6 is 0 Å². The Balaban J connectivity index is 1.80. The maximum atomic E-state index is 12.8. The Labute approximate surface area is 176 Å². The van der Waals surface area contributed by atoms with E-state index in [1.807, 2.05) is 24.3 Å². The number of hydrogen-bond donors (Lipinski definition) is 1. The molecule has 1 N–H and O–H groups in total. The lowest BCUT2D eigenvalue weighted by molar-refractivity contribution is 0.0716. The van der Waals surface area contributed by atoms with Crippen LogP contribution in [0.5, 0.6) is 11.5 Å². The fourth-order valence-corrected chi connectivity index (χ4v) is 3.42. The highest BCUT2D eigenvalue weighted by Gasteiger charge is 2.14. The van der Waals surface area contributed by atoms with E-state index in [0.29, 0.717) is 34.8 Å². The van der Waals surface area contributed by atoms with E-state index in [1.165, 1.54) is 4.57 Å². The molecular formula is C23H29N3O4. The average molecular weight is 412 g/mol. The van der Waals surface area contributed by atoms with E-state index >= 15 is 0 Å². The normalized spacial score (nSPS) is 12.3. The van der Waals surface area contributed by atoms with E-state index in [9.17, 15) is 9.90 Å². The Hall–Kier alpha value is -2.90. The van der Waals surface area contributed by atoms with Gasteiger partial charge in [-0.15, -0.1) is 0 Å². The van der Waals surface area contributed by atoms with Gasteiger partial charge in [0.15, 0.2) is 0 Å². The summed E-state index contributed by atoms with van der Waals surface area (Å²) in [6.07, 6.45) is -0.556. The van der Waals surface area contributed by atoms with Crippen LogP contribution in [0.1, 0.15) is 13.8 Å². The second kappa shape index (κ2) is 9.73. The molecule has 1 aromatic heterocycles. The second-order valence-corrected chi connectivity index (χ2v) is 7.13. The van der Waals surface area contributed by atoms with Crippen molar-refractivity contribution < 1.29 is 14.6 Å². The second-order valence-electron chi connectivity index (χ2n) is 7.13. The molecule has 160 valence electrons. The zero-order chi connectivity index (χ0) is 21.7. The molecule has 3 aromatic rings. The van der Waals surface area contributed by atoms with Crippen molar-refractivity contribution in [2.24, 2.45) is 7.05 Å². The van der Waals surface area contributed by atoms with Gasteiger partial charge in [-0.25, -0.2) is 4.98 Å². The number of hydrogen-bond acceptors (Lipinski definition) is 6. The van der Waals surface area contributed by atoms with Crippen molar-refractivity contribution in [3.8, 4) is 22.9 Å². The molecular weight excluding hydrogens is 382 g/mol.